The minimum atomic E-state index is -0.0617. The highest BCUT2D eigenvalue weighted by atomic mass is 16.5. The van der Waals surface area contributed by atoms with Crippen molar-refractivity contribution in [2.75, 3.05) is 14.2 Å². The van der Waals surface area contributed by atoms with Crippen molar-refractivity contribution < 1.29 is 14.3 Å². The fourth-order valence-electron chi connectivity index (χ4n) is 2.23. The normalized spacial score (nSPS) is 22.2. The van der Waals surface area contributed by atoms with Gasteiger partial charge in [0.05, 0.1) is 13.2 Å². The van der Waals surface area contributed by atoms with Gasteiger partial charge in [0.2, 0.25) is 0 Å². The second-order valence-electron chi connectivity index (χ2n) is 4.41. The van der Waals surface area contributed by atoms with Crippen LogP contribution in [0.4, 0.5) is 0 Å². The van der Waals surface area contributed by atoms with Crippen LogP contribution in [0.25, 0.3) is 6.08 Å². The Bertz CT molecular complexity index is 445. The van der Waals surface area contributed by atoms with Crippen LogP contribution in [0.5, 0.6) is 5.75 Å². The maximum absolute atomic E-state index is 11.9. The zero-order chi connectivity index (χ0) is 13.0. The summed E-state index contributed by atoms with van der Waals surface area (Å²) >= 11 is 0. The van der Waals surface area contributed by atoms with E-state index in [-0.39, 0.29) is 11.9 Å². The van der Waals surface area contributed by atoms with E-state index in [0.29, 0.717) is 6.42 Å². The standard InChI is InChI=1S/C15H18O3/c1-17-12-8-6-11(7-9-12)10-13-14(16)4-3-5-15(13)18-2/h6-10,15H,3-5H2,1-2H3. The Morgan fingerprint density at radius 1 is 1.22 bits per heavy atom. The van der Waals surface area contributed by atoms with Gasteiger partial charge in [-0.1, -0.05) is 12.1 Å². The molecule has 1 aromatic rings. The van der Waals surface area contributed by atoms with Crippen LogP contribution in [-0.2, 0) is 9.53 Å². The summed E-state index contributed by atoms with van der Waals surface area (Å²) in [7, 11) is 3.30. The molecule has 0 heterocycles. The van der Waals surface area contributed by atoms with Crippen LogP contribution in [0, 0.1) is 0 Å². The molecule has 0 radical (unpaired) electrons. The Morgan fingerprint density at radius 3 is 2.56 bits per heavy atom. The van der Waals surface area contributed by atoms with Crippen molar-refractivity contribution in [3.8, 4) is 5.75 Å². The first-order valence-corrected chi connectivity index (χ1v) is 6.16. The van der Waals surface area contributed by atoms with E-state index in [1.54, 1.807) is 14.2 Å². The highest BCUT2D eigenvalue weighted by Crippen LogP contribution is 2.25. The van der Waals surface area contributed by atoms with E-state index in [1.807, 2.05) is 30.3 Å². The first-order valence-electron chi connectivity index (χ1n) is 6.16. The summed E-state index contributed by atoms with van der Waals surface area (Å²) in [6, 6.07) is 7.67. The molecule has 3 nitrogen and oxygen atoms in total. The van der Waals surface area contributed by atoms with Gasteiger partial charge in [-0.15, -0.1) is 0 Å². The largest absolute Gasteiger partial charge is 0.497 e. The Kier molecular flexibility index (Phi) is 4.15. The Morgan fingerprint density at radius 2 is 1.94 bits per heavy atom. The summed E-state index contributed by atoms with van der Waals surface area (Å²) in [5, 5.41) is 0. The van der Waals surface area contributed by atoms with Gasteiger partial charge in [-0.05, 0) is 36.6 Å². The fourth-order valence-corrected chi connectivity index (χ4v) is 2.23. The number of methoxy groups -OCH3 is 2. The summed E-state index contributed by atoms with van der Waals surface area (Å²) in [6.07, 6.45) is 4.33. The molecule has 96 valence electrons. The molecule has 1 saturated carbocycles. The molecular weight excluding hydrogens is 228 g/mol. The van der Waals surface area contributed by atoms with Gasteiger partial charge >= 0.3 is 0 Å². The molecule has 1 aromatic carbocycles. The molecule has 2 rings (SSSR count). The molecule has 1 atom stereocenters. The summed E-state index contributed by atoms with van der Waals surface area (Å²) in [5.41, 5.74) is 1.79. The molecule has 1 aliphatic carbocycles. The molecule has 0 spiro atoms. The Hall–Kier alpha value is -1.61. The number of benzene rings is 1. The second kappa shape index (κ2) is 5.83. The molecule has 1 unspecified atom stereocenters. The van der Waals surface area contributed by atoms with E-state index in [2.05, 4.69) is 0 Å². The van der Waals surface area contributed by atoms with Crippen LogP contribution < -0.4 is 4.74 Å². The molecule has 18 heavy (non-hydrogen) atoms. The highest BCUT2D eigenvalue weighted by molar-refractivity contribution is 6.01. The molecule has 1 aliphatic rings. The molecule has 0 bridgehead atoms. The number of rotatable bonds is 3. The Labute approximate surface area is 107 Å². The zero-order valence-corrected chi connectivity index (χ0v) is 10.8. The van der Waals surface area contributed by atoms with Crippen LogP contribution in [-0.4, -0.2) is 26.1 Å². The van der Waals surface area contributed by atoms with E-state index < -0.39 is 0 Å². The van der Waals surface area contributed by atoms with Crippen molar-refractivity contribution in [1.82, 2.24) is 0 Å². The van der Waals surface area contributed by atoms with E-state index in [9.17, 15) is 4.79 Å². The molecule has 0 saturated heterocycles. The van der Waals surface area contributed by atoms with Gasteiger partial charge in [0.25, 0.3) is 0 Å². The van der Waals surface area contributed by atoms with Gasteiger partial charge in [0.1, 0.15) is 5.75 Å². The third-order valence-corrected chi connectivity index (χ3v) is 3.26. The summed E-state index contributed by atoms with van der Waals surface area (Å²) < 4.78 is 10.5. The van der Waals surface area contributed by atoms with Crippen molar-refractivity contribution in [3.63, 3.8) is 0 Å². The smallest absolute Gasteiger partial charge is 0.161 e. The number of Topliss-reactive ketones (excluding diaryl/α,β-unsaturated/α-hetero) is 1. The van der Waals surface area contributed by atoms with Crippen molar-refractivity contribution >= 4 is 11.9 Å². The first kappa shape index (κ1) is 12.8. The van der Waals surface area contributed by atoms with Crippen LogP contribution in [0.2, 0.25) is 0 Å². The molecule has 0 aliphatic heterocycles. The predicted octanol–water partition coefficient (Wildman–Crippen LogP) is 2.85. The summed E-state index contributed by atoms with van der Waals surface area (Å²) in [6.45, 7) is 0. The van der Waals surface area contributed by atoms with Crippen molar-refractivity contribution in [2.45, 2.75) is 25.4 Å². The average molecular weight is 246 g/mol. The van der Waals surface area contributed by atoms with Gasteiger partial charge in [0, 0.05) is 19.1 Å². The summed E-state index contributed by atoms with van der Waals surface area (Å²) in [4.78, 5) is 11.9. The predicted molar refractivity (Wildman–Crippen MR) is 70.6 cm³/mol. The number of hydrogen-bond acceptors (Lipinski definition) is 3. The molecule has 0 aromatic heterocycles. The SMILES string of the molecule is COc1ccc(C=C2C(=O)CCCC2OC)cc1. The van der Waals surface area contributed by atoms with Gasteiger partial charge in [-0.2, -0.15) is 0 Å². The second-order valence-corrected chi connectivity index (χ2v) is 4.41. The Balaban J connectivity index is 2.25. The average Bonchev–Trinajstić information content (AvgIpc) is 2.42. The van der Waals surface area contributed by atoms with Gasteiger partial charge in [-0.3, -0.25) is 4.79 Å². The molecule has 3 heteroatoms. The minimum Gasteiger partial charge on any atom is -0.497 e. The molecule has 1 fully saturated rings. The van der Waals surface area contributed by atoms with E-state index >= 15 is 0 Å². The minimum absolute atomic E-state index is 0.0617. The van der Waals surface area contributed by atoms with E-state index in [0.717, 1.165) is 29.7 Å². The lowest BCUT2D eigenvalue weighted by Crippen LogP contribution is -2.25. The van der Waals surface area contributed by atoms with Gasteiger partial charge in [0.15, 0.2) is 5.78 Å². The lowest BCUT2D eigenvalue weighted by Gasteiger charge is -2.22. The van der Waals surface area contributed by atoms with Crippen molar-refractivity contribution in [3.05, 3.63) is 35.4 Å². The van der Waals surface area contributed by atoms with Crippen molar-refractivity contribution in [1.29, 1.82) is 0 Å². The maximum Gasteiger partial charge on any atom is 0.161 e. The lowest BCUT2D eigenvalue weighted by atomic mass is 9.89. The van der Waals surface area contributed by atoms with Crippen LogP contribution in [0.15, 0.2) is 29.8 Å². The van der Waals surface area contributed by atoms with Crippen LogP contribution >= 0.6 is 0 Å². The maximum atomic E-state index is 11.9. The van der Waals surface area contributed by atoms with E-state index in [1.165, 1.54) is 0 Å². The molecular formula is C15H18O3. The van der Waals surface area contributed by atoms with E-state index in [4.69, 9.17) is 9.47 Å². The highest BCUT2D eigenvalue weighted by Gasteiger charge is 2.25. The number of carbonyl (C=O) groups is 1. The number of carbonyl (C=O) groups excluding carboxylic acids is 1. The number of ketones is 1. The lowest BCUT2D eigenvalue weighted by molar-refractivity contribution is -0.118. The van der Waals surface area contributed by atoms with Crippen LogP contribution in [0.3, 0.4) is 0 Å². The quantitative estimate of drug-likeness (QED) is 0.769. The molecule has 0 amide bonds. The van der Waals surface area contributed by atoms with Crippen molar-refractivity contribution in [2.24, 2.45) is 0 Å². The monoisotopic (exact) mass is 246 g/mol. The van der Waals surface area contributed by atoms with Crippen LogP contribution in [0.1, 0.15) is 24.8 Å². The molecule has 0 N–H and O–H groups in total. The van der Waals surface area contributed by atoms with Gasteiger partial charge < -0.3 is 9.47 Å². The zero-order valence-electron chi connectivity index (χ0n) is 10.8. The third-order valence-electron chi connectivity index (χ3n) is 3.26. The number of ether oxygens (including phenoxy) is 2. The van der Waals surface area contributed by atoms with Gasteiger partial charge in [-0.25, -0.2) is 0 Å². The number of hydrogen-bond donors (Lipinski definition) is 0. The summed E-state index contributed by atoms with van der Waals surface area (Å²) in [5.74, 6) is 1.01. The first-order chi connectivity index (χ1) is 8.74. The fraction of sp³-hybridized carbons (Fsp3) is 0.400. The topological polar surface area (TPSA) is 35.5 Å². The third kappa shape index (κ3) is 2.79.